The molecule has 1 amide bonds. The lowest BCUT2D eigenvalue weighted by Crippen LogP contribution is -2.22. The normalized spacial score (nSPS) is 10.7. The highest BCUT2D eigenvalue weighted by molar-refractivity contribution is 5.94. The van der Waals surface area contributed by atoms with Gasteiger partial charge in [0.15, 0.2) is 5.58 Å². The van der Waals surface area contributed by atoms with E-state index in [2.05, 4.69) is 10.3 Å². The molecule has 0 bridgehead atoms. The van der Waals surface area contributed by atoms with Crippen molar-refractivity contribution < 1.29 is 9.21 Å². The van der Waals surface area contributed by atoms with E-state index in [1.807, 2.05) is 25.1 Å². The number of benzene rings is 2. The first-order valence-electron chi connectivity index (χ1n) is 6.58. The van der Waals surface area contributed by atoms with Crippen molar-refractivity contribution in [3.8, 4) is 0 Å². The van der Waals surface area contributed by atoms with Gasteiger partial charge >= 0.3 is 5.76 Å². The van der Waals surface area contributed by atoms with Gasteiger partial charge in [0.2, 0.25) is 0 Å². The number of fused-ring (bicyclic) bond motifs is 1. The number of aromatic nitrogens is 1. The first kappa shape index (κ1) is 13.2. The standard InChI is InChI=1S/C16H14N2O3/c1-10-2-5-12(6-3-10)15(19)17-9-11-4-7-13-14(8-11)21-16(20)18-13/h2-8H,9H2,1H3,(H,17,19)(H,18,20). The minimum Gasteiger partial charge on any atom is -0.408 e. The van der Waals surface area contributed by atoms with E-state index in [1.165, 1.54) is 0 Å². The highest BCUT2D eigenvalue weighted by Gasteiger charge is 2.06. The van der Waals surface area contributed by atoms with Gasteiger partial charge in [0.05, 0.1) is 5.52 Å². The van der Waals surface area contributed by atoms with Gasteiger partial charge in [0, 0.05) is 12.1 Å². The Labute approximate surface area is 120 Å². The van der Waals surface area contributed by atoms with E-state index in [0.717, 1.165) is 11.1 Å². The molecule has 21 heavy (non-hydrogen) atoms. The van der Waals surface area contributed by atoms with E-state index >= 15 is 0 Å². The van der Waals surface area contributed by atoms with Crippen molar-refractivity contribution in [3.63, 3.8) is 0 Å². The molecule has 0 atom stereocenters. The highest BCUT2D eigenvalue weighted by atomic mass is 16.4. The first-order valence-corrected chi connectivity index (χ1v) is 6.58. The zero-order valence-corrected chi connectivity index (χ0v) is 11.5. The van der Waals surface area contributed by atoms with Gasteiger partial charge in [-0.05, 0) is 36.8 Å². The van der Waals surface area contributed by atoms with Gasteiger partial charge in [-0.2, -0.15) is 0 Å². The van der Waals surface area contributed by atoms with Gasteiger partial charge in [-0.1, -0.05) is 23.8 Å². The van der Waals surface area contributed by atoms with Crippen LogP contribution in [0.15, 0.2) is 51.7 Å². The Morgan fingerprint density at radius 1 is 1.19 bits per heavy atom. The second-order valence-electron chi connectivity index (χ2n) is 4.89. The lowest BCUT2D eigenvalue weighted by Gasteiger charge is -2.05. The number of amides is 1. The number of carbonyl (C=O) groups is 1. The molecule has 5 nitrogen and oxygen atoms in total. The SMILES string of the molecule is Cc1ccc(C(=O)NCc2ccc3[nH]c(=O)oc3c2)cc1. The van der Waals surface area contributed by atoms with E-state index in [1.54, 1.807) is 24.3 Å². The fourth-order valence-corrected chi connectivity index (χ4v) is 2.09. The van der Waals surface area contributed by atoms with E-state index in [-0.39, 0.29) is 5.91 Å². The van der Waals surface area contributed by atoms with E-state index < -0.39 is 5.76 Å². The Hall–Kier alpha value is -2.82. The zero-order chi connectivity index (χ0) is 14.8. The summed E-state index contributed by atoms with van der Waals surface area (Å²) in [6, 6.07) is 12.7. The summed E-state index contributed by atoms with van der Waals surface area (Å²) in [4.78, 5) is 25.7. The topological polar surface area (TPSA) is 75.1 Å². The van der Waals surface area contributed by atoms with Crippen molar-refractivity contribution in [1.82, 2.24) is 10.3 Å². The first-order chi connectivity index (χ1) is 10.1. The molecule has 0 aliphatic rings. The molecule has 0 saturated heterocycles. The van der Waals surface area contributed by atoms with Crippen molar-refractivity contribution in [2.45, 2.75) is 13.5 Å². The Kier molecular flexibility index (Phi) is 3.31. The number of carbonyl (C=O) groups excluding carboxylic acids is 1. The smallest absolute Gasteiger partial charge is 0.408 e. The van der Waals surface area contributed by atoms with Crippen molar-refractivity contribution in [1.29, 1.82) is 0 Å². The van der Waals surface area contributed by atoms with Crippen LogP contribution in [0.4, 0.5) is 0 Å². The van der Waals surface area contributed by atoms with Crippen LogP contribution in [-0.4, -0.2) is 10.9 Å². The summed E-state index contributed by atoms with van der Waals surface area (Å²) in [5, 5.41) is 2.84. The Morgan fingerprint density at radius 3 is 2.71 bits per heavy atom. The van der Waals surface area contributed by atoms with Crippen LogP contribution in [-0.2, 0) is 6.54 Å². The van der Waals surface area contributed by atoms with Crippen molar-refractivity contribution in [2.24, 2.45) is 0 Å². The van der Waals surface area contributed by atoms with Crippen LogP contribution in [0.1, 0.15) is 21.5 Å². The van der Waals surface area contributed by atoms with E-state index in [0.29, 0.717) is 23.2 Å². The second-order valence-corrected chi connectivity index (χ2v) is 4.89. The predicted molar refractivity (Wildman–Crippen MR) is 79.2 cm³/mol. The van der Waals surface area contributed by atoms with Crippen LogP contribution in [0.3, 0.4) is 0 Å². The number of oxazole rings is 1. The molecule has 0 aliphatic heterocycles. The lowest BCUT2D eigenvalue weighted by molar-refractivity contribution is 0.0951. The van der Waals surface area contributed by atoms with Crippen LogP contribution in [0.25, 0.3) is 11.1 Å². The molecule has 1 heterocycles. The minimum atomic E-state index is -0.481. The van der Waals surface area contributed by atoms with Gasteiger partial charge in [-0.25, -0.2) is 4.79 Å². The fourth-order valence-electron chi connectivity index (χ4n) is 2.09. The summed E-state index contributed by atoms with van der Waals surface area (Å²) >= 11 is 0. The van der Waals surface area contributed by atoms with Gasteiger partial charge < -0.3 is 9.73 Å². The zero-order valence-electron chi connectivity index (χ0n) is 11.5. The summed E-state index contributed by atoms with van der Waals surface area (Å²) in [5.41, 5.74) is 3.73. The van der Waals surface area contributed by atoms with Gasteiger partial charge in [0.1, 0.15) is 0 Å². The largest absolute Gasteiger partial charge is 0.417 e. The molecule has 3 rings (SSSR count). The molecule has 106 valence electrons. The average molecular weight is 282 g/mol. The van der Waals surface area contributed by atoms with Crippen LogP contribution in [0.2, 0.25) is 0 Å². The molecular weight excluding hydrogens is 268 g/mol. The number of hydrogen-bond donors (Lipinski definition) is 2. The van der Waals surface area contributed by atoms with Crippen LogP contribution >= 0.6 is 0 Å². The third kappa shape index (κ3) is 2.86. The van der Waals surface area contributed by atoms with E-state index in [9.17, 15) is 9.59 Å². The maximum Gasteiger partial charge on any atom is 0.417 e. The number of rotatable bonds is 3. The van der Waals surface area contributed by atoms with Crippen LogP contribution in [0.5, 0.6) is 0 Å². The fraction of sp³-hybridized carbons (Fsp3) is 0.125. The molecule has 1 aromatic heterocycles. The Bertz CT molecular complexity index is 844. The number of aromatic amines is 1. The third-order valence-corrected chi connectivity index (χ3v) is 3.25. The highest BCUT2D eigenvalue weighted by Crippen LogP contribution is 2.12. The summed E-state index contributed by atoms with van der Waals surface area (Å²) in [6.45, 7) is 2.35. The molecule has 3 aromatic rings. The molecule has 0 aliphatic carbocycles. The third-order valence-electron chi connectivity index (χ3n) is 3.25. The molecule has 2 N–H and O–H groups in total. The number of aryl methyl sites for hydroxylation is 1. The van der Waals surface area contributed by atoms with Gasteiger partial charge in [-0.15, -0.1) is 0 Å². The Morgan fingerprint density at radius 2 is 1.95 bits per heavy atom. The van der Waals surface area contributed by atoms with Crippen LogP contribution in [0, 0.1) is 6.92 Å². The van der Waals surface area contributed by atoms with Crippen molar-refractivity contribution >= 4 is 17.0 Å². The number of hydrogen-bond acceptors (Lipinski definition) is 3. The predicted octanol–water partition coefficient (Wildman–Crippen LogP) is 2.36. The quantitative estimate of drug-likeness (QED) is 0.774. The molecule has 2 aromatic carbocycles. The second kappa shape index (κ2) is 5.28. The maximum absolute atomic E-state index is 12.0. The Balaban J connectivity index is 1.72. The summed E-state index contributed by atoms with van der Waals surface area (Å²) < 4.78 is 4.99. The molecule has 0 radical (unpaired) electrons. The molecule has 0 unspecified atom stereocenters. The lowest BCUT2D eigenvalue weighted by atomic mass is 10.1. The molecule has 5 heteroatoms. The van der Waals surface area contributed by atoms with Crippen molar-refractivity contribution in [2.75, 3.05) is 0 Å². The molecular formula is C16H14N2O3. The van der Waals surface area contributed by atoms with Gasteiger partial charge in [0.25, 0.3) is 5.91 Å². The monoisotopic (exact) mass is 282 g/mol. The minimum absolute atomic E-state index is 0.134. The average Bonchev–Trinajstić information content (AvgIpc) is 2.84. The summed E-state index contributed by atoms with van der Waals surface area (Å²) in [5.74, 6) is -0.614. The summed E-state index contributed by atoms with van der Waals surface area (Å²) in [7, 11) is 0. The van der Waals surface area contributed by atoms with Crippen molar-refractivity contribution in [3.05, 3.63) is 69.7 Å². The summed E-state index contributed by atoms with van der Waals surface area (Å²) in [6.07, 6.45) is 0. The number of H-pyrrole nitrogens is 1. The van der Waals surface area contributed by atoms with E-state index in [4.69, 9.17) is 4.42 Å². The van der Waals surface area contributed by atoms with Gasteiger partial charge in [-0.3, -0.25) is 9.78 Å². The number of nitrogens with one attached hydrogen (secondary N) is 2. The molecule has 0 saturated carbocycles. The molecule has 0 fully saturated rings. The molecule has 0 spiro atoms. The maximum atomic E-state index is 12.0. The van der Waals surface area contributed by atoms with Crippen LogP contribution < -0.4 is 11.1 Å².